The Labute approximate surface area is 181 Å². The molecule has 8 nitrogen and oxygen atoms in total. The van der Waals surface area contributed by atoms with Gasteiger partial charge in [-0.15, -0.1) is 0 Å². The molecule has 2 heterocycles. The minimum absolute atomic E-state index is 0.0456. The van der Waals surface area contributed by atoms with E-state index in [0.29, 0.717) is 43.9 Å². The summed E-state index contributed by atoms with van der Waals surface area (Å²) >= 11 is 0. The Morgan fingerprint density at radius 3 is 2.35 bits per heavy atom. The number of hydrogen-bond donors (Lipinski definition) is 1. The molecule has 4 rings (SSSR count). The van der Waals surface area contributed by atoms with Gasteiger partial charge in [-0.3, -0.25) is 4.90 Å². The van der Waals surface area contributed by atoms with Gasteiger partial charge >= 0.3 is 5.63 Å². The van der Waals surface area contributed by atoms with Gasteiger partial charge in [0.1, 0.15) is 11.3 Å². The number of nitrogens with zero attached hydrogens (tertiary/aromatic N) is 3. The number of phenolic OH excluding ortho intramolecular Hbond substituents is 1. The van der Waals surface area contributed by atoms with Gasteiger partial charge in [-0.2, -0.15) is 17.0 Å². The topological polar surface area (TPSA) is 94.3 Å². The number of hydrogen-bond acceptors (Lipinski definition) is 6. The molecule has 0 spiro atoms. The van der Waals surface area contributed by atoms with E-state index in [2.05, 4.69) is 0 Å². The first-order valence-electron chi connectivity index (χ1n) is 10.0. The number of piperazine rings is 1. The van der Waals surface area contributed by atoms with Crippen LogP contribution in [0.15, 0.2) is 57.7 Å². The van der Waals surface area contributed by atoms with E-state index in [9.17, 15) is 18.3 Å². The maximum atomic E-state index is 12.3. The summed E-state index contributed by atoms with van der Waals surface area (Å²) in [4.78, 5) is 14.4. The Morgan fingerprint density at radius 2 is 1.71 bits per heavy atom. The average molecular weight is 444 g/mol. The molecular formula is C22H25N3O5S. The van der Waals surface area contributed by atoms with Crippen molar-refractivity contribution in [3.63, 3.8) is 0 Å². The van der Waals surface area contributed by atoms with E-state index in [-0.39, 0.29) is 5.75 Å². The van der Waals surface area contributed by atoms with E-state index in [4.69, 9.17) is 4.42 Å². The molecule has 1 aliphatic rings. The lowest BCUT2D eigenvalue weighted by Crippen LogP contribution is -2.51. The molecule has 0 bridgehead atoms. The third kappa shape index (κ3) is 4.22. The van der Waals surface area contributed by atoms with Crippen molar-refractivity contribution in [2.24, 2.45) is 0 Å². The van der Waals surface area contributed by atoms with E-state index < -0.39 is 15.8 Å². The van der Waals surface area contributed by atoms with Crippen molar-refractivity contribution in [1.29, 1.82) is 0 Å². The summed E-state index contributed by atoms with van der Waals surface area (Å²) in [6.45, 7) is 2.06. The first-order chi connectivity index (χ1) is 14.8. The fourth-order valence-electron chi connectivity index (χ4n) is 3.85. The first-order valence-corrected chi connectivity index (χ1v) is 11.4. The van der Waals surface area contributed by atoms with Gasteiger partial charge in [-0.25, -0.2) is 4.79 Å². The first kappa shape index (κ1) is 21.5. The highest BCUT2D eigenvalue weighted by molar-refractivity contribution is 7.86. The molecule has 0 unspecified atom stereocenters. The van der Waals surface area contributed by atoms with Gasteiger partial charge in [0.05, 0.1) is 5.56 Å². The molecule has 9 heteroatoms. The van der Waals surface area contributed by atoms with Crippen molar-refractivity contribution in [2.45, 2.75) is 6.54 Å². The van der Waals surface area contributed by atoms with Gasteiger partial charge < -0.3 is 9.52 Å². The highest BCUT2D eigenvalue weighted by atomic mass is 32.2. The van der Waals surface area contributed by atoms with E-state index in [1.54, 1.807) is 12.1 Å². The molecule has 31 heavy (non-hydrogen) atoms. The van der Waals surface area contributed by atoms with Crippen LogP contribution in [0.1, 0.15) is 5.56 Å². The van der Waals surface area contributed by atoms with Crippen LogP contribution < -0.4 is 5.63 Å². The Kier molecular flexibility index (Phi) is 5.85. The van der Waals surface area contributed by atoms with Gasteiger partial charge in [-0.1, -0.05) is 30.3 Å². The second kappa shape index (κ2) is 8.43. The molecule has 0 radical (unpaired) electrons. The third-order valence-corrected chi connectivity index (χ3v) is 7.52. The molecule has 1 fully saturated rings. The number of aromatic hydroxyl groups is 1. The lowest BCUT2D eigenvalue weighted by molar-refractivity contribution is 0.176. The molecule has 0 saturated carbocycles. The number of rotatable bonds is 5. The van der Waals surface area contributed by atoms with Crippen molar-refractivity contribution in [3.05, 3.63) is 64.5 Å². The second-order valence-corrected chi connectivity index (χ2v) is 9.89. The highest BCUT2D eigenvalue weighted by Crippen LogP contribution is 2.34. The zero-order chi connectivity index (χ0) is 22.2. The van der Waals surface area contributed by atoms with Crippen LogP contribution in [0, 0.1) is 0 Å². The predicted molar refractivity (Wildman–Crippen MR) is 119 cm³/mol. The van der Waals surface area contributed by atoms with Gasteiger partial charge in [0.2, 0.25) is 0 Å². The molecule has 0 amide bonds. The van der Waals surface area contributed by atoms with Crippen LogP contribution in [0.2, 0.25) is 0 Å². The van der Waals surface area contributed by atoms with Crippen LogP contribution in [-0.4, -0.2) is 67.3 Å². The minimum atomic E-state index is -3.45. The number of fused-ring (bicyclic) bond motifs is 1. The third-order valence-electron chi connectivity index (χ3n) is 5.58. The molecule has 2 aromatic carbocycles. The Hall–Kier alpha value is -2.72. The molecule has 1 saturated heterocycles. The Bertz CT molecular complexity index is 1250. The lowest BCUT2D eigenvalue weighted by atomic mass is 9.99. The van der Waals surface area contributed by atoms with E-state index in [0.717, 1.165) is 16.5 Å². The molecule has 0 aliphatic carbocycles. The standard InChI is InChI=1S/C22H25N3O5S/c1-23(2)31(28,29)25-12-10-24(11-13-25)15-19-20(26)9-8-17-18(14-21(27)30-22(17)19)16-6-4-3-5-7-16/h3-9,14,26H,10-13,15H2,1-2H3. The summed E-state index contributed by atoms with van der Waals surface area (Å²) < 4.78 is 32.8. The van der Waals surface area contributed by atoms with Crippen LogP contribution in [0.4, 0.5) is 0 Å². The minimum Gasteiger partial charge on any atom is -0.507 e. The van der Waals surface area contributed by atoms with E-state index in [1.165, 1.54) is 28.8 Å². The largest absolute Gasteiger partial charge is 0.507 e. The lowest BCUT2D eigenvalue weighted by Gasteiger charge is -2.35. The van der Waals surface area contributed by atoms with Crippen LogP contribution in [0.3, 0.4) is 0 Å². The van der Waals surface area contributed by atoms with Gasteiger partial charge in [0.25, 0.3) is 10.2 Å². The summed E-state index contributed by atoms with van der Waals surface area (Å²) in [6.07, 6.45) is 0. The smallest absolute Gasteiger partial charge is 0.336 e. The van der Waals surface area contributed by atoms with Gasteiger partial charge in [0, 0.05) is 58.3 Å². The molecular weight excluding hydrogens is 418 g/mol. The maximum Gasteiger partial charge on any atom is 0.336 e. The summed E-state index contributed by atoms with van der Waals surface area (Å²) in [5.41, 5.74) is 2.03. The summed E-state index contributed by atoms with van der Waals surface area (Å²) in [6, 6.07) is 14.4. The fraction of sp³-hybridized carbons (Fsp3) is 0.318. The molecule has 1 N–H and O–H groups in total. The van der Waals surface area contributed by atoms with Crippen LogP contribution in [0.25, 0.3) is 22.1 Å². The number of benzene rings is 2. The molecule has 3 aromatic rings. The maximum absolute atomic E-state index is 12.3. The monoisotopic (exact) mass is 443 g/mol. The molecule has 1 aromatic heterocycles. The van der Waals surface area contributed by atoms with Crippen molar-refractivity contribution in [3.8, 4) is 16.9 Å². The van der Waals surface area contributed by atoms with Crippen molar-refractivity contribution in [2.75, 3.05) is 40.3 Å². The van der Waals surface area contributed by atoms with E-state index in [1.807, 2.05) is 35.2 Å². The van der Waals surface area contributed by atoms with Crippen molar-refractivity contribution < 1.29 is 17.9 Å². The molecule has 164 valence electrons. The molecule has 0 atom stereocenters. The van der Waals surface area contributed by atoms with Crippen LogP contribution in [-0.2, 0) is 16.8 Å². The second-order valence-electron chi connectivity index (χ2n) is 7.75. The van der Waals surface area contributed by atoms with Gasteiger partial charge in [-0.05, 0) is 23.3 Å². The predicted octanol–water partition coefficient (Wildman–Crippen LogP) is 2.09. The van der Waals surface area contributed by atoms with Crippen molar-refractivity contribution in [1.82, 2.24) is 13.5 Å². The zero-order valence-electron chi connectivity index (χ0n) is 17.5. The Balaban J connectivity index is 1.66. The normalized spacial score (nSPS) is 16.2. The van der Waals surface area contributed by atoms with Crippen molar-refractivity contribution >= 4 is 21.2 Å². The fourth-order valence-corrected chi connectivity index (χ4v) is 4.94. The zero-order valence-corrected chi connectivity index (χ0v) is 18.3. The molecule has 1 aliphatic heterocycles. The SMILES string of the molecule is CN(C)S(=O)(=O)N1CCN(Cc2c(O)ccc3c(-c4ccccc4)cc(=O)oc23)CC1. The average Bonchev–Trinajstić information content (AvgIpc) is 2.76. The van der Waals surface area contributed by atoms with E-state index >= 15 is 0 Å². The number of phenols is 1. The van der Waals surface area contributed by atoms with Crippen LogP contribution >= 0.6 is 0 Å². The Morgan fingerprint density at radius 1 is 1.03 bits per heavy atom. The quantitative estimate of drug-likeness (QED) is 0.607. The summed E-state index contributed by atoms with van der Waals surface area (Å²) in [5.74, 6) is 0.0456. The van der Waals surface area contributed by atoms with Crippen LogP contribution in [0.5, 0.6) is 5.75 Å². The highest BCUT2D eigenvalue weighted by Gasteiger charge is 2.29. The summed E-state index contributed by atoms with van der Waals surface area (Å²) in [7, 11) is -0.418. The summed E-state index contributed by atoms with van der Waals surface area (Å²) in [5, 5.41) is 11.3. The van der Waals surface area contributed by atoms with Gasteiger partial charge in [0.15, 0.2) is 0 Å².